The Kier molecular flexibility index (Phi) is 6.46. The van der Waals surface area contributed by atoms with E-state index in [9.17, 15) is 0 Å². The SMILES string of the molecule is CCCOc1nc(NC(C)CC(C)CC)ccc1N. The first-order valence-electron chi connectivity index (χ1n) is 7.22. The van der Waals surface area contributed by atoms with E-state index in [-0.39, 0.29) is 0 Å². The van der Waals surface area contributed by atoms with Crippen LogP contribution < -0.4 is 15.8 Å². The molecule has 2 unspecified atom stereocenters. The quantitative estimate of drug-likeness (QED) is 0.752. The van der Waals surface area contributed by atoms with Crippen LogP contribution in [0.15, 0.2) is 12.1 Å². The van der Waals surface area contributed by atoms with Crippen molar-refractivity contribution in [3.8, 4) is 5.88 Å². The molecule has 19 heavy (non-hydrogen) atoms. The lowest BCUT2D eigenvalue weighted by atomic mass is 10.0. The van der Waals surface area contributed by atoms with E-state index >= 15 is 0 Å². The number of nitrogens with two attached hydrogens (primary N) is 1. The Morgan fingerprint density at radius 2 is 2.05 bits per heavy atom. The largest absolute Gasteiger partial charge is 0.476 e. The lowest BCUT2D eigenvalue weighted by molar-refractivity contribution is 0.307. The van der Waals surface area contributed by atoms with E-state index in [2.05, 4.69) is 38.0 Å². The van der Waals surface area contributed by atoms with Gasteiger partial charge < -0.3 is 15.8 Å². The van der Waals surface area contributed by atoms with Crippen molar-refractivity contribution < 1.29 is 4.74 Å². The van der Waals surface area contributed by atoms with E-state index in [1.807, 2.05) is 12.1 Å². The summed E-state index contributed by atoms with van der Waals surface area (Å²) in [5.41, 5.74) is 6.44. The fourth-order valence-electron chi connectivity index (χ4n) is 1.93. The highest BCUT2D eigenvalue weighted by atomic mass is 16.5. The van der Waals surface area contributed by atoms with Gasteiger partial charge in [0.2, 0.25) is 5.88 Å². The number of nitrogens with zero attached hydrogens (tertiary/aromatic N) is 1. The fraction of sp³-hybridized carbons (Fsp3) is 0.667. The Bertz CT molecular complexity index is 382. The third-order valence-corrected chi connectivity index (χ3v) is 3.18. The van der Waals surface area contributed by atoms with E-state index in [0.717, 1.165) is 18.7 Å². The van der Waals surface area contributed by atoms with Crippen LogP contribution in [0.3, 0.4) is 0 Å². The molecule has 4 nitrogen and oxygen atoms in total. The van der Waals surface area contributed by atoms with Crippen LogP contribution in [-0.2, 0) is 0 Å². The summed E-state index contributed by atoms with van der Waals surface area (Å²) in [5, 5.41) is 3.40. The summed E-state index contributed by atoms with van der Waals surface area (Å²) in [6.07, 6.45) is 3.28. The van der Waals surface area contributed by atoms with Gasteiger partial charge in [0.05, 0.1) is 12.3 Å². The number of nitrogen functional groups attached to an aromatic ring is 1. The summed E-state index contributed by atoms with van der Waals surface area (Å²) >= 11 is 0. The minimum absolute atomic E-state index is 0.394. The highest BCUT2D eigenvalue weighted by molar-refractivity contribution is 5.53. The van der Waals surface area contributed by atoms with Gasteiger partial charge in [-0.3, -0.25) is 0 Å². The Morgan fingerprint density at radius 1 is 1.32 bits per heavy atom. The molecule has 108 valence electrons. The molecule has 0 bridgehead atoms. The third-order valence-electron chi connectivity index (χ3n) is 3.18. The molecule has 0 radical (unpaired) electrons. The van der Waals surface area contributed by atoms with Gasteiger partial charge in [-0.05, 0) is 37.8 Å². The maximum absolute atomic E-state index is 5.85. The number of hydrogen-bond donors (Lipinski definition) is 2. The van der Waals surface area contributed by atoms with Gasteiger partial charge in [0.15, 0.2) is 0 Å². The average Bonchev–Trinajstić information content (AvgIpc) is 2.39. The molecule has 0 aromatic carbocycles. The minimum atomic E-state index is 0.394. The van der Waals surface area contributed by atoms with E-state index < -0.39 is 0 Å². The summed E-state index contributed by atoms with van der Waals surface area (Å²) in [6, 6.07) is 4.14. The molecule has 0 aliphatic carbocycles. The highest BCUT2D eigenvalue weighted by Crippen LogP contribution is 2.22. The highest BCUT2D eigenvalue weighted by Gasteiger charge is 2.09. The normalized spacial score (nSPS) is 13.9. The molecule has 1 heterocycles. The Labute approximate surface area is 116 Å². The Balaban J connectivity index is 2.62. The lowest BCUT2D eigenvalue weighted by Crippen LogP contribution is -2.19. The number of nitrogens with one attached hydrogen (secondary N) is 1. The van der Waals surface area contributed by atoms with Gasteiger partial charge >= 0.3 is 0 Å². The van der Waals surface area contributed by atoms with Gasteiger partial charge in [-0.1, -0.05) is 27.2 Å². The molecular formula is C15H27N3O. The maximum atomic E-state index is 5.85. The molecule has 1 aromatic rings. The molecule has 0 saturated heterocycles. The number of anilines is 2. The molecule has 0 fully saturated rings. The Hall–Kier alpha value is -1.45. The molecule has 0 amide bonds. The van der Waals surface area contributed by atoms with Gasteiger partial charge in [0, 0.05) is 6.04 Å². The fourth-order valence-corrected chi connectivity index (χ4v) is 1.93. The van der Waals surface area contributed by atoms with E-state index in [4.69, 9.17) is 10.5 Å². The average molecular weight is 265 g/mol. The molecule has 0 saturated carbocycles. The number of rotatable bonds is 8. The summed E-state index contributed by atoms with van der Waals surface area (Å²) in [5.74, 6) is 2.07. The zero-order valence-electron chi connectivity index (χ0n) is 12.6. The predicted molar refractivity (Wildman–Crippen MR) is 81.6 cm³/mol. The molecule has 0 spiro atoms. The van der Waals surface area contributed by atoms with Crippen LogP contribution in [-0.4, -0.2) is 17.6 Å². The number of aromatic nitrogens is 1. The van der Waals surface area contributed by atoms with Crippen LogP contribution in [0.5, 0.6) is 5.88 Å². The van der Waals surface area contributed by atoms with E-state index in [0.29, 0.717) is 30.1 Å². The second-order valence-corrected chi connectivity index (χ2v) is 5.23. The van der Waals surface area contributed by atoms with Crippen molar-refractivity contribution in [2.24, 2.45) is 5.92 Å². The van der Waals surface area contributed by atoms with Crippen LogP contribution in [0, 0.1) is 5.92 Å². The first kappa shape index (κ1) is 15.6. The second-order valence-electron chi connectivity index (χ2n) is 5.23. The van der Waals surface area contributed by atoms with Gasteiger partial charge in [-0.25, -0.2) is 0 Å². The van der Waals surface area contributed by atoms with Gasteiger partial charge in [0.1, 0.15) is 5.82 Å². The third kappa shape index (κ3) is 5.37. The van der Waals surface area contributed by atoms with Crippen LogP contribution in [0.25, 0.3) is 0 Å². The molecule has 1 rings (SSSR count). The first-order chi connectivity index (χ1) is 9.06. The van der Waals surface area contributed by atoms with Crippen LogP contribution >= 0.6 is 0 Å². The van der Waals surface area contributed by atoms with Crippen molar-refractivity contribution in [3.63, 3.8) is 0 Å². The summed E-state index contributed by atoms with van der Waals surface area (Å²) < 4.78 is 5.53. The molecule has 2 atom stereocenters. The molecule has 3 N–H and O–H groups in total. The smallest absolute Gasteiger partial charge is 0.239 e. The summed E-state index contributed by atoms with van der Waals surface area (Å²) in [4.78, 5) is 4.42. The van der Waals surface area contributed by atoms with Gasteiger partial charge in [-0.2, -0.15) is 4.98 Å². The van der Waals surface area contributed by atoms with Gasteiger partial charge in [-0.15, -0.1) is 0 Å². The van der Waals surface area contributed by atoms with Crippen molar-refractivity contribution in [1.82, 2.24) is 4.98 Å². The van der Waals surface area contributed by atoms with E-state index in [1.54, 1.807) is 0 Å². The zero-order chi connectivity index (χ0) is 14.3. The van der Waals surface area contributed by atoms with Crippen LogP contribution in [0.2, 0.25) is 0 Å². The first-order valence-corrected chi connectivity index (χ1v) is 7.22. The van der Waals surface area contributed by atoms with Crippen LogP contribution in [0.1, 0.15) is 47.0 Å². The van der Waals surface area contributed by atoms with Gasteiger partial charge in [0.25, 0.3) is 0 Å². The Morgan fingerprint density at radius 3 is 2.68 bits per heavy atom. The summed E-state index contributed by atoms with van der Waals surface area (Å²) in [7, 11) is 0. The van der Waals surface area contributed by atoms with Crippen molar-refractivity contribution >= 4 is 11.5 Å². The maximum Gasteiger partial charge on any atom is 0.239 e. The zero-order valence-corrected chi connectivity index (χ0v) is 12.6. The van der Waals surface area contributed by atoms with Crippen molar-refractivity contribution in [1.29, 1.82) is 0 Å². The molecule has 1 aromatic heterocycles. The number of ether oxygens (including phenoxy) is 1. The van der Waals surface area contributed by atoms with Crippen molar-refractivity contribution in [2.45, 2.75) is 53.0 Å². The second kappa shape index (κ2) is 7.87. The van der Waals surface area contributed by atoms with Crippen molar-refractivity contribution in [3.05, 3.63) is 12.1 Å². The van der Waals surface area contributed by atoms with Crippen molar-refractivity contribution in [2.75, 3.05) is 17.7 Å². The predicted octanol–water partition coefficient (Wildman–Crippen LogP) is 3.69. The molecule has 4 heteroatoms. The number of hydrogen-bond acceptors (Lipinski definition) is 4. The molecular weight excluding hydrogens is 238 g/mol. The summed E-state index contributed by atoms with van der Waals surface area (Å²) in [6.45, 7) is 9.37. The monoisotopic (exact) mass is 265 g/mol. The topological polar surface area (TPSA) is 60.2 Å². The molecule has 0 aliphatic rings. The standard InChI is InChI=1S/C15H27N3O/c1-5-9-19-15-13(16)7-8-14(18-15)17-12(4)10-11(3)6-2/h7-8,11-12H,5-6,9-10,16H2,1-4H3,(H,17,18). The lowest BCUT2D eigenvalue weighted by Gasteiger charge is -2.18. The number of pyridine rings is 1. The molecule has 0 aliphatic heterocycles. The minimum Gasteiger partial charge on any atom is -0.476 e. The van der Waals surface area contributed by atoms with E-state index in [1.165, 1.54) is 6.42 Å². The van der Waals surface area contributed by atoms with Crippen LogP contribution in [0.4, 0.5) is 11.5 Å².